The summed E-state index contributed by atoms with van der Waals surface area (Å²) < 4.78 is 18.5. The highest BCUT2D eigenvalue weighted by atomic mass is 32.2. The van der Waals surface area contributed by atoms with Gasteiger partial charge in [0.05, 0.1) is 48.4 Å². The van der Waals surface area contributed by atoms with Crippen LogP contribution < -0.4 is 0 Å². The number of carbonyl (C=O) groups excluding carboxylic acids is 1. The fraction of sp³-hybridized carbons (Fsp3) is 0.500. The first-order valence-corrected chi connectivity index (χ1v) is 13.5. The van der Waals surface area contributed by atoms with Gasteiger partial charge < -0.3 is 19.3 Å². The molecule has 0 spiro atoms. The third-order valence-electron chi connectivity index (χ3n) is 6.40. The molecule has 0 amide bonds. The Morgan fingerprint density at radius 3 is 2.36 bits per heavy atom. The van der Waals surface area contributed by atoms with E-state index in [0.29, 0.717) is 6.61 Å². The van der Waals surface area contributed by atoms with Crippen molar-refractivity contribution in [2.24, 2.45) is 5.41 Å². The lowest BCUT2D eigenvalue weighted by Crippen LogP contribution is -2.50. The van der Waals surface area contributed by atoms with Gasteiger partial charge in [0.2, 0.25) is 0 Å². The summed E-state index contributed by atoms with van der Waals surface area (Å²) in [5.41, 5.74) is 1.34. The van der Waals surface area contributed by atoms with Crippen molar-refractivity contribution in [2.45, 2.75) is 55.4 Å². The minimum atomic E-state index is -0.755. The van der Waals surface area contributed by atoms with Crippen molar-refractivity contribution in [1.82, 2.24) is 0 Å². The van der Waals surface area contributed by atoms with Gasteiger partial charge >= 0.3 is 5.97 Å². The third kappa shape index (κ3) is 5.28. The molecule has 5 atom stereocenters. The van der Waals surface area contributed by atoms with E-state index in [4.69, 9.17) is 14.2 Å². The van der Waals surface area contributed by atoms with Crippen LogP contribution in [0.4, 0.5) is 0 Å². The lowest BCUT2D eigenvalue weighted by molar-refractivity contribution is -0.147. The lowest BCUT2D eigenvalue weighted by atomic mass is 9.73. The molecule has 0 unspecified atom stereocenters. The van der Waals surface area contributed by atoms with Crippen LogP contribution in [0.25, 0.3) is 0 Å². The molecule has 0 radical (unpaired) electrons. The number of ether oxygens (including phenoxy) is 3. The number of thioether (sulfide) groups is 2. The molecule has 0 saturated carbocycles. The molecule has 2 saturated heterocycles. The molecule has 0 bridgehead atoms. The van der Waals surface area contributed by atoms with Gasteiger partial charge in [-0.2, -0.15) is 0 Å². The maximum atomic E-state index is 12.9. The van der Waals surface area contributed by atoms with E-state index in [1.54, 1.807) is 6.92 Å². The first-order valence-electron chi connectivity index (χ1n) is 11.4. The molecule has 2 fully saturated rings. The first-order chi connectivity index (χ1) is 16.1. The van der Waals surface area contributed by atoms with Crippen LogP contribution in [0.2, 0.25) is 0 Å². The first kappa shape index (κ1) is 24.6. The fourth-order valence-electron chi connectivity index (χ4n) is 4.86. The van der Waals surface area contributed by atoms with Crippen molar-refractivity contribution in [2.75, 3.05) is 18.6 Å². The van der Waals surface area contributed by atoms with Crippen molar-refractivity contribution in [3.63, 3.8) is 0 Å². The van der Waals surface area contributed by atoms with E-state index in [1.165, 1.54) is 7.11 Å². The number of rotatable bonds is 8. The third-order valence-corrected chi connectivity index (χ3v) is 9.75. The number of aliphatic hydroxyl groups excluding tert-OH is 1. The number of esters is 1. The van der Waals surface area contributed by atoms with Gasteiger partial charge in [-0.15, -0.1) is 23.5 Å². The molecule has 4 rings (SSSR count). The minimum absolute atomic E-state index is 0.0695. The lowest BCUT2D eigenvalue weighted by Gasteiger charge is -2.45. The second kappa shape index (κ2) is 11.3. The van der Waals surface area contributed by atoms with E-state index in [0.717, 1.165) is 29.1 Å². The second-order valence-corrected chi connectivity index (χ2v) is 11.4. The number of methoxy groups -OCH3 is 1. The Balaban J connectivity index is 1.80. The maximum Gasteiger partial charge on any atom is 0.306 e. The molecule has 0 aromatic heterocycles. The largest absolute Gasteiger partial charge is 0.469 e. The Bertz CT molecular complexity index is 888. The number of aliphatic hydroxyl groups is 1. The van der Waals surface area contributed by atoms with Crippen molar-refractivity contribution in [3.8, 4) is 0 Å². The fourth-order valence-corrected chi connectivity index (χ4v) is 8.36. The van der Waals surface area contributed by atoms with Gasteiger partial charge in [-0.3, -0.25) is 4.79 Å². The molecule has 2 aromatic carbocycles. The van der Waals surface area contributed by atoms with Crippen LogP contribution in [0.5, 0.6) is 0 Å². The molecule has 178 valence electrons. The molecule has 5 nitrogen and oxygen atoms in total. The zero-order chi connectivity index (χ0) is 23.3. The number of carbonyl (C=O) groups is 1. The summed E-state index contributed by atoms with van der Waals surface area (Å²) in [5.74, 6) is 1.76. The van der Waals surface area contributed by atoms with Crippen LogP contribution in [0.1, 0.15) is 37.0 Å². The summed E-state index contributed by atoms with van der Waals surface area (Å²) >= 11 is 3.73. The monoisotopic (exact) mass is 488 g/mol. The Morgan fingerprint density at radius 2 is 1.76 bits per heavy atom. The highest BCUT2D eigenvalue weighted by Crippen LogP contribution is 2.61. The van der Waals surface area contributed by atoms with E-state index >= 15 is 0 Å². The maximum absolute atomic E-state index is 12.9. The summed E-state index contributed by atoms with van der Waals surface area (Å²) in [4.78, 5) is 12.9. The zero-order valence-electron chi connectivity index (χ0n) is 19.1. The van der Waals surface area contributed by atoms with Gasteiger partial charge in [0, 0.05) is 0 Å². The van der Waals surface area contributed by atoms with E-state index in [2.05, 4.69) is 0 Å². The predicted octanol–water partition coefficient (Wildman–Crippen LogP) is 4.84. The molecule has 2 aliphatic heterocycles. The van der Waals surface area contributed by atoms with E-state index in [1.807, 2.05) is 84.2 Å². The second-order valence-electron chi connectivity index (χ2n) is 8.64. The average Bonchev–Trinajstić information content (AvgIpc) is 3.19. The van der Waals surface area contributed by atoms with E-state index in [9.17, 15) is 9.90 Å². The van der Waals surface area contributed by atoms with Crippen LogP contribution in [0.15, 0.2) is 60.7 Å². The predicted molar refractivity (Wildman–Crippen MR) is 133 cm³/mol. The number of hydrogen-bond acceptors (Lipinski definition) is 7. The Kier molecular flexibility index (Phi) is 8.41. The summed E-state index contributed by atoms with van der Waals surface area (Å²) in [7, 11) is 1.43. The molecule has 2 aliphatic rings. The van der Waals surface area contributed by atoms with Gasteiger partial charge in [-0.05, 0) is 36.0 Å². The molecule has 33 heavy (non-hydrogen) atoms. The van der Waals surface area contributed by atoms with E-state index < -0.39 is 29.8 Å². The standard InChI is InChI=1S/C26H32O5S2/c1-18(27)22-24(30-17-19-10-5-3-6-11-19)26(16-21(28)29-2,25-32-14-9-15-33-25)23(31-22)20-12-7-4-8-13-20/h3-8,10-13,18,22-25,27H,9,14-17H2,1-2H3/t18-,22-,23-,24-,26-/m1/s1. The van der Waals surface area contributed by atoms with Gasteiger partial charge in [0.25, 0.3) is 0 Å². The van der Waals surface area contributed by atoms with Crippen LogP contribution in [-0.2, 0) is 25.6 Å². The van der Waals surface area contributed by atoms with Crippen molar-refractivity contribution < 1.29 is 24.1 Å². The van der Waals surface area contributed by atoms with Gasteiger partial charge in [0.15, 0.2) is 0 Å². The van der Waals surface area contributed by atoms with E-state index in [-0.39, 0.29) is 17.0 Å². The summed E-state index contributed by atoms with van der Waals surface area (Å²) in [6.07, 6.45) is -0.906. The highest BCUT2D eigenvalue weighted by Gasteiger charge is 2.63. The van der Waals surface area contributed by atoms with Crippen LogP contribution in [-0.4, -0.2) is 52.6 Å². The summed E-state index contributed by atoms with van der Waals surface area (Å²) in [5, 5.41) is 10.8. The van der Waals surface area contributed by atoms with Gasteiger partial charge in [-0.25, -0.2) is 0 Å². The molecule has 7 heteroatoms. The molecular formula is C26H32O5S2. The van der Waals surface area contributed by atoms with Crippen LogP contribution >= 0.6 is 23.5 Å². The molecule has 2 aromatic rings. The highest BCUT2D eigenvalue weighted by molar-refractivity contribution is 8.17. The van der Waals surface area contributed by atoms with Gasteiger partial charge in [0.1, 0.15) is 6.10 Å². The summed E-state index contributed by atoms with van der Waals surface area (Å²) in [6, 6.07) is 20.0. The van der Waals surface area contributed by atoms with Crippen LogP contribution in [0.3, 0.4) is 0 Å². The normalized spacial score (nSPS) is 29.0. The number of hydrogen-bond donors (Lipinski definition) is 1. The smallest absolute Gasteiger partial charge is 0.306 e. The van der Waals surface area contributed by atoms with Crippen LogP contribution in [0, 0.1) is 5.41 Å². The Hall–Kier alpha value is -1.51. The molecule has 0 aliphatic carbocycles. The molecule has 1 N–H and O–H groups in total. The van der Waals surface area contributed by atoms with Crippen molar-refractivity contribution in [1.29, 1.82) is 0 Å². The Labute approximate surface area is 204 Å². The average molecular weight is 489 g/mol. The van der Waals surface area contributed by atoms with Gasteiger partial charge in [-0.1, -0.05) is 60.7 Å². The quantitative estimate of drug-likeness (QED) is 0.534. The molecular weight excluding hydrogens is 456 g/mol. The zero-order valence-corrected chi connectivity index (χ0v) is 20.7. The SMILES string of the molecule is COC(=O)C[C@@]1(C2SCCCS2)[C@@H](c2ccccc2)O[C@H]([C@@H](C)O)[C@H]1OCc1ccccc1. The van der Waals surface area contributed by atoms with Crippen molar-refractivity contribution >= 4 is 29.5 Å². The summed E-state index contributed by atoms with van der Waals surface area (Å²) in [6.45, 7) is 2.12. The number of benzene rings is 2. The molecule has 2 heterocycles. The Morgan fingerprint density at radius 1 is 1.12 bits per heavy atom. The topological polar surface area (TPSA) is 65.0 Å². The van der Waals surface area contributed by atoms with Crippen molar-refractivity contribution in [3.05, 3.63) is 71.8 Å². The minimum Gasteiger partial charge on any atom is -0.469 e.